The molecule has 2 heterocycles. The van der Waals surface area contributed by atoms with Crippen molar-refractivity contribution in [1.29, 1.82) is 0 Å². The molecule has 2 aromatic heterocycles. The van der Waals surface area contributed by atoms with E-state index in [1.807, 2.05) is 85.8 Å². The van der Waals surface area contributed by atoms with Gasteiger partial charge in [-0.1, -0.05) is 71.9 Å². The molecule has 0 unspecified atom stereocenters. The summed E-state index contributed by atoms with van der Waals surface area (Å²) >= 11 is 0. The van der Waals surface area contributed by atoms with Crippen LogP contribution in [0.25, 0.3) is 28.2 Å². The van der Waals surface area contributed by atoms with Crippen LogP contribution in [0, 0.1) is 6.92 Å². The van der Waals surface area contributed by atoms with Crippen LogP contribution in [-0.4, -0.2) is 19.7 Å². The van der Waals surface area contributed by atoms with Crippen LogP contribution in [-0.2, 0) is 6.42 Å². The molecule has 7 nitrogen and oxygen atoms in total. The molecule has 3 aromatic carbocycles. The van der Waals surface area contributed by atoms with Crippen molar-refractivity contribution >= 4 is 0 Å². The highest BCUT2D eigenvalue weighted by Gasteiger charge is 2.30. The van der Waals surface area contributed by atoms with Gasteiger partial charge in [-0.25, -0.2) is 9.78 Å². The zero-order chi connectivity index (χ0) is 24.6. The van der Waals surface area contributed by atoms with Crippen molar-refractivity contribution in [2.45, 2.75) is 32.1 Å². The molecule has 0 saturated heterocycles. The fourth-order valence-corrected chi connectivity index (χ4v) is 4.72. The van der Waals surface area contributed by atoms with Gasteiger partial charge >= 0.3 is 5.76 Å². The Balaban J connectivity index is 1.37. The van der Waals surface area contributed by atoms with E-state index in [1.54, 1.807) is 4.57 Å². The van der Waals surface area contributed by atoms with Crippen molar-refractivity contribution in [3.05, 3.63) is 122 Å². The molecule has 0 atom stereocenters. The molecule has 36 heavy (non-hydrogen) atoms. The minimum atomic E-state index is -0.588. The van der Waals surface area contributed by atoms with Crippen LogP contribution in [0.2, 0.25) is 0 Å². The monoisotopic (exact) mass is 476 g/mol. The number of hydrogen-bond donors (Lipinski definition) is 1. The average molecular weight is 477 g/mol. The number of aryl methyl sites for hydroxylation is 1. The van der Waals surface area contributed by atoms with Crippen LogP contribution in [0.15, 0.2) is 93.0 Å². The largest absolute Gasteiger partial charge is 0.439 e. The van der Waals surface area contributed by atoms with E-state index < -0.39 is 5.76 Å². The summed E-state index contributed by atoms with van der Waals surface area (Å²) in [6.45, 7) is 1.90. The molecule has 0 aliphatic heterocycles. The van der Waals surface area contributed by atoms with Gasteiger partial charge < -0.3 is 0 Å². The van der Waals surface area contributed by atoms with Gasteiger partial charge in [0.2, 0.25) is 0 Å². The fourth-order valence-electron chi connectivity index (χ4n) is 4.72. The van der Waals surface area contributed by atoms with Crippen molar-refractivity contribution in [3.63, 3.8) is 0 Å². The summed E-state index contributed by atoms with van der Waals surface area (Å²) in [6, 6.07) is 25.5. The quantitative estimate of drug-likeness (QED) is 0.371. The van der Waals surface area contributed by atoms with E-state index in [9.17, 15) is 9.59 Å². The minimum Gasteiger partial charge on any atom is -0.296 e. The predicted octanol–water partition coefficient (Wildman–Crippen LogP) is 5.02. The van der Waals surface area contributed by atoms with Crippen LogP contribution in [0.1, 0.15) is 41.4 Å². The first-order valence-corrected chi connectivity index (χ1v) is 12.0. The van der Waals surface area contributed by atoms with Crippen molar-refractivity contribution in [2.75, 3.05) is 0 Å². The topological polar surface area (TPSA) is 93.8 Å². The van der Waals surface area contributed by atoms with Gasteiger partial charge in [-0.15, -0.1) is 0 Å². The number of aromatic amines is 1. The van der Waals surface area contributed by atoms with Gasteiger partial charge in [0, 0.05) is 23.5 Å². The van der Waals surface area contributed by atoms with Gasteiger partial charge in [-0.3, -0.25) is 18.9 Å². The first-order chi connectivity index (χ1) is 17.6. The smallest absolute Gasteiger partial charge is 0.296 e. The van der Waals surface area contributed by atoms with Gasteiger partial charge in [-0.05, 0) is 48.6 Å². The number of hydrogen-bond acceptors (Lipinski definition) is 5. The second kappa shape index (κ2) is 8.92. The molecular weight excluding hydrogens is 452 g/mol. The third-order valence-corrected chi connectivity index (χ3v) is 6.62. The molecule has 0 spiro atoms. The molecule has 1 fully saturated rings. The number of H-pyrrole nitrogens is 1. The molecule has 0 amide bonds. The van der Waals surface area contributed by atoms with E-state index in [0.29, 0.717) is 18.2 Å². The van der Waals surface area contributed by atoms with Gasteiger partial charge in [0.15, 0.2) is 5.82 Å². The zero-order valence-electron chi connectivity index (χ0n) is 19.8. The molecule has 178 valence electrons. The third-order valence-electron chi connectivity index (χ3n) is 6.62. The summed E-state index contributed by atoms with van der Waals surface area (Å²) in [5.74, 6) is 0.887. The van der Waals surface area contributed by atoms with E-state index >= 15 is 0 Å². The Hall–Kier alpha value is -4.52. The summed E-state index contributed by atoms with van der Waals surface area (Å²) in [5, 5.41) is 3.84. The number of para-hydroxylation sites is 1. The number of rotatable bonds is 6. The molecule has 5 aromatic rings. The Morgan fingerprint density at radius 3 is 2.28 bits per heavy atom. The van der Waals surface area contributed by atoms with Crippen LogP contribution in [0.4, 0.5) is 0 Å². The van der Waals surface area contributed by atoms with Gasteiger partial charge in [0.1, 0.15) is 5.82 Å². The number of benzene rings is 3. The molecule has 1 aliphatic carbocycles. The standard InChI is InChI=1S/C29H24N4O3/c1-18-30-26(21-15-16-21)25(28(34)33(18)22-7-3-2-4-8-22)17-19-11-13-20(14-12-19)23-9-5-6-10-24(23)27-31-29(35)36-32-27/h2-14,21H,15-17H2,1H3,(H,31,32,35). The van der Waals surface area contributed by atoms with Crippen molar-refractivity contribution in [2.24, 2.45) is 0 Å². The maximum Gasteiger partial charge on any atom is 0.439 e. The molecule has 1 saturated carbocycles. The Bertz CT molecular complexity index is 1660. The van der Waals surface area contributed by atoms with Gasteiger partial charge in [0.05, 0.1) is 11.4 Å². The molecule has 1 N–H and O–H groups in total. The summed E-state index contributed by atoms with van der Waals surface area (Å²) in [7, 11) is 0. The van der Waals surface area contributed by atoms with E-state index in [0.717, 1.165) is 57.9 Å². The van der Waals surface area contributed by atoms with Crippen LogP contribution >= 0.6 is 0 Å². The second-order valence-electron chi connectivity index (χ2n) is 9.14. The maximum atomic E-state index is 13.7. The Labute approximate surface area is 207 Å². The van der Waals surface area contributed by atoms with Crippen LogP contribution in [0.3, 0.4) is 0 Å². The first kappa shape index (κ1) is 22.0. The second-order valence-corrected chi connectivity index (χ2v) is 9.14. The van der Waals surface area contributed by atoms with Crippen LogP contribution in [0.5, 0.6) is 0 Å². The fraction of sp³-hybridized carbons (Fsp3) is 0.172. The van der Waals surface area contributed by atoms with Crippen LogP contribution < -0.4 is 11.3 Å². The predicted molar refractivity (Wildman–Crippen MR) is 137 cm³/mol. The molecular formula is C29H24N4O3. The normalized spacial score (nSPS) is 13.1. The number of nitrogens with zero attached hydrogens (tertiary/aromatic N) is 3. The zero-order valence-corrected chi connectivity index (χ0v) is 19.8. The van der Waals surface area contributed by atoms with Gasteiger partial charge in [-0.2, -0.15) is 0 Å². The summed E-state index contributed by atoms with van der Waals surface area (Å²) in [5.41, 5.74) is 6.25. The van der Waals surface area contributed by atoms with Crippen molar-refractivity contribution < 1.29 is 4.52 Å². The van der Waals surface area contributed by atoms with E-state index in [-0.39, 0.29) is 5.56 Å². The Kier molecular flexibility index (Phi) is 5.45. The van der Waals surface area contributed by atoms with Crippen molar-refractivity contribution in [3.8, 4) is 28.2 Å². The lowest BCUT2D eigenvalue weighted by Gasteiger charge is -2.15. The highest BCUT2D eigenvalue weighted by atomic mass is 16.5. The molecule has 0 radical (unpaired) electrons. The molecule has 6 rings (SSSR count). The van der Waals surface area contributed by atoms with E-state index in [1.165, 1.54) is 0 Å². The number of aromatic nitrogens is 4. The lowest BCUT2D eigenvalue weighted by atomic mass is 9.96. The highest BCUT2D eigenvalue weighted by Crippen LogP contribution is 2.40. The van der Waals surface area contributed by atoms with E-state index in [4.69, 9.17) is 9.51 Å². The van der Waals surface area contributed by atoms with Crippen molar-refractivity contribution in [1.82, 2.24) is 19.7 Å². The summed E-state index contributed by atoms with van der Waals surface area (Å²) < 4.78 is 6.41. The van der Waals surface area contributed by atoms with Gasteiger partial charge in [0.25, 0.3) is 5.56 Å². The molecule has 7 heteroatoms. The van der Waals surface area contributed by atoms with E-state index in [2.05, 4.69) is 10.1 Å². The highest BCUT2D eigenvalue weighted by molar-refractivity contribution is 5.80. The average Bonchev–Trinajstić information content (AvgIpc) is 3.66. The summed E-state index contributed by atoms with van der Waals surface area (Å²) in [4.78, 5) is 32.7. The third kappa shape index (κ3) is 4.09. The number of nitrogens with one attached hydrogen (secondary N) is 1. The minimum absolute atomic E-state index is 0.00000802. The SMILES string of the molecule is Cc1nc(C2CC2)c(Cc2ccc(-c3ccccc3-c3noc(=O)[nH]3)cc2)c(=O)n1-c1ccccc1. The lowest BCUT2D eigenvalue weighted by Crippen LogP contribution is -2.28. The molecule has 0 bridgehead atoms. The Morgan fingerprint density at radius 2 is 1.61 bits per heavy atom. The maximum absolute atomic E-state index is 13.7. The molecule has 1 aliphatic rings. The summed E-state index contributed by atoms with van der Waals surface area (Å²) in [6.07, 6.45) is 2.67. The Morgan fingerprint density at radius 1 is 0.917 bits per heavy atom. The lowest BCUT2D eigenvalue weighted by molar-refractivity contribution is 0.388. The first-order valence-electron chi connectivity index (χ1n) is 12.0.